The number of aryl methyl sites for hydroxylation is 1. The number of carbonyl (C=O) groups is 2. The molecule has 0 aromatic carbocycles. The second-order valence-corrected chi connectivity index (χ2v) is 5.11. The number of hydrogen-bond acceptors (Lipinski definition) is 5. The molecule has 1 amide bonds. The van der Waals surface area contributed by atoms with E-state index in [1.807, 2.05) is 13.8 Å². The van der Waals surface area contributed by atoms with E-state index in [-0.39, 0.29) is 17.4 Å². The van der Waals surface area contributed by atoms with Crippen LogP contribution >= 0.6 is 11.5 Å². The van der Waals surface area contributed by atoms with Crippen LogP contribution in [0, 0.1) is 12.8 Å². The molecule has 1 aromatic rings. The lowest BCUT2D eigenvalue weighted by Gasteiger charge is -2.20. The van der Waals surface area contributed by atoms with Gasteiger partial charge >= 0.3 is 5.97 Å². The molecule has 0 aliphatic rings. The van der Waals surface area contributed by atoms with Gasteiger partial charge in [0.2, 0.25) is 5.91 Å². The lowest BCUT2D eigenvalue weighted by Crippen LogP contribution is -2.37. The Balaban J connectivity index is 2.91. The van der Waals surface area contributed by atoms with Crippen LogP contribution in [-0.2, 0) is 4.79 Å². The third-order valence-corrected chi connectivity index (χ3v) is 3.83. The monoisotopic (exact) mass is 285 g/mol. The van der Waals surface area contributed by atoms with Gasteiger partial charge < -0.3 is 15.3 Å². The molecule has 0 aliphatic heterocycles. The minimum atomic E-state index is -1.06. The molecule has 1 heterocycles. The first-order chi connectivity index (χ1) is 8.90. The summed E-state index contributed by atoms with van der Waals surface area (Å²) >= 11 is 1.04. The highest BCUT2D eigenvalue weighted by atomic mass is 32.1. The standard InChI is InChI=1S/C12H19N3O3S/c1-5-13-6-7(2)10(16)15(4)11-9(12(17)18)8(3)14-19-11/h7,13H,5-6H2,1-4H3,(H,17,18). The number of carboxylic acids is 1. The number of rotatable bonds is 6. The molecule has 1 atom stereocenters. The minimum Gasteiger partial charge on any atom is -0.478 e. The predicted molar refractivity (Wildman–Crippen MR) is 74.9 cm³/mol. The second-order valence-electron chi connectivity index (χ2n) is 4.36. The highest BCUT2D eigenvalue weighted by molar-refractivity contribution is 7.11. The highest BCUT2D eigenvalue weighted by Gasteiger charge is 2.26. The van der Waals surface area contributed by atoms with Crippen molar-refractivity contribution in [2.24, 2.45) is 5.92 Å². The van der Waals surface area contributed by atoms with Gasteiger partial charge in [0.15, 0.2) is 0 Å². The minimum absolute atomic E-state index is 0.108. The van der Waals surface area contributed by atoms with Crippen LogP contribution < -0.4 is 10.2 Å². The zero-order chi connectivity index (χ0) is 14.6. The molecule has 0 radical (unpaired) electrons. The summed E-state index contributed by atoms with van der Waals surface area (Å²) in [6.45, 7) is 6.77. The van der Waals surface area contributed by atoms with Gasteiger partial charge in [-0.3, -0.25) is 4.79 Å². The van der Waals surface area contributed by atoms with Gasteiger partial charge in [-0.05, 0) is 25.0 Å². The maximum Gasteiger partial charge on any atom is 0.340 e. The Bertz CT molecular complexity index is 473. The largest absolute Gasteiger partial charge is 0.478 e. The number of nitrogens with one attached hydrogen (secondary N) is 1. The smallest absolute Gasteiger partial charge is 0.340 e. The Morgan fingerprint density at radius 1 is 1.53 bits per heavy atom. The number of carboxylic acid groups (broad SMARTS) is 1. The van der Waals surface area contributed by atoms with Crippen molar-refractivity contribution < 1.29 is 14.7 Å². The first kappa shape index (κ1) is 15.6. The van der Waals surface area contributed by atoms with Gasteiger partial charge in [-0.25, -0.2) is 4.79 Å². The van der Waals surface area contributed by atoms with E-state index in [0.717, 1.165) is 18.1 Å². The lowest BCUT2D eigenvalue weighted by atomic mass is 10.1. The summed E-state index contributed by atoms with van der Waals surface area (Å²) in [5, 5.41) is 12.7. The number of anilines is 1. The lowest BCUT2D eigenvalue weighted by molar-refractivity contribution is -0.121. The molecule has 0 spiro atoms. The van der Waals surface area contributed by atoms with Crippen molar-refractivity contribution in [2.75, 3.05) is 25.0 Å². The number of aromatic nitrogens is 1. The van der Waals surface area contributed by atoms with E-state index in [9.17, 15) is 9.59 Å². The molecule has 7 heteroatoms. The van der Waals surface area contributed by atoms with Gasteiger partial charge in [0, 0.05) is 19.5 Å². The van der Waals surface area contributed by atoms with Crippen molar-refractivity contribution in [1.29, 1.82) is 0 Å². The molecule has 0 bridgehead atoms. The first-order valence-electron chi connectivity index (χ1n) is 6.08. The normalized spacial score (nSPS) is 12.2. The molecule has 2 N–H and O–H groups in total. The SMILES string of the molecule is CCNCC(C)C(=O)N(C)c1snc(C)c1C(=O)O. The number of nitrogens with zero attached hydrogens (tertiary/aromatic N) is 2. The summed E-state index contributed by atoms with van der Waals surface area (Å²) in [6, 6.07) is 0. The maximum absolute atomic E-state index is 12.2. The number of amides is 1. The average molecular weight is 285 g/mol. The summed E-state index contributed by atoms with van der Waals surface area (Å²) < 4.78 is 4.01. The zero-order valence-electron chi connectivity index (χ0n) is 11.6. The highest BCUT2D eigenvalue weighted by Crippen LogP contribution is 2.28. The van der Waals surface area contributed by atoms with Gasteiger partial charge in [-0.15, -0.1) is 0 Å². The number of carbonyl (C=O) groups excluding carboxylic acids is 1. The van der Waals surface area contributed by atoms with E-state index in [1.165, 1.54) is 4.90 Å². The summed E-state index contributed by atoms with van der Waals surface area (Å²) in [5.41, 5.74) is 0.544. The van der Waals surface area contributed by atoms with E-state index in [2.05, 4.69) is 9.69 Å². The molecule has 0 aliphatic carbocycles. The predicted octanol–water partition coefficient (Wildman–Crippen LogP) is 1.36. The second kappa shape index (κ2) is 6.63. The van der Waals surface area contributed by atoms with E-state index >= 15 is 0 Å². The molecule has 6 nitrogen and oxygen atoms in total. The van der Waals surface area contributed by atoms with Crippen molar-refractivity contribution in [2.45, 2.75) is 20.8 Å². The van der Waals surface area contributed by atoms with Crippen LogP contribution in [0.15, 0.2) is 0 Å². The molecule has 1 rings (SSSR count). The van der Waals surface area contributed by atoms with Crippen molar-refractivity contribution in [3.05, 3.63) is 11.3 Å². The van der Waals surface area contributed by atoms with Crippen molar-refractivity contribution in [3.63, 3.8) is 0 Å². The first-order valence-corrected chi connectivity index (χ1v) is 6.85. The molecule has 0 saturated carbocycles. The Kier molecular flexibility index (Phi) is 5.44. The van der Waals surface area contributed by atoms with Gasteiger partial charge in [-0.1, -0.05) is 13.8 Å². The van der Waals surface area contributed by atoms with E-state index in [1.54, 1.807) is 14.0 Å². The molecule has 19 heavy (non-hydrogen) atoms. The molecule has 1 unspecified atom stereocenters. The number of hydrogen-bond donors (Lipinski definition) is 2. The van der Waals surface area contributed by atoms with Crippen LogP contribution in [0.5, 0.6) is 0 Å². The fourth-order valence-electron chi connectivity index (χ4n) is 1.71. The Morgan fingerprint density at radius 2 is 2.16 bits per heavy atom. The van der Waals surface area contributed by atoms with Gasteiger partial charge in [0.25, 0.3) is 0 Å². The van der Waals surface area contributed by atoms with Crippen LogP contribution in [0.1, 0.15) is 29.9 Å². The summed E-state index contributed by atoms with van der Waals surface area (Å²) in [6.07, 6.45) is 0. The van der Waals surface area contributed by atoms with Gasteiger partial charge in [0.05, 0.1) is 5.69 Å². The number of aromatic carboxylic acids is 1. The van der Waals surface area contributed by atoms with Gasteiger partial charge in [-0.2, -0.15) is 4.37 Å². The van der Waals surface area contributed by atoms with Crippen LogP contribution in [0.2, 0.25) is 0 Å². The Hall–Kier alpha value is -1.47. The van der Waals surface area contributed by atoms with E-state index < -0.39 is 5.97 Å². The zero-order valence-corrected chi connectivity index (χ0v) is 12.4. The summed E-state index contributed by atoms with van der Waals surface area (Å²) in [4.78, 5) is 24.8. The van der Waals surface area contributed by atoms with E-state index in [0.29, 0.717) is 17.2 Å². The Morgan fingerprint density at radius 3 is 2.68 bits per heavy atom. The van der Waals surface area contributed by atoms with Crippen molar-refractivity contribution in [3.8, 4) is 0 Å². The fraction of sp³-hybridized carbons (Fsp3) is 0.583. The summed E-state index contributed by atoms with van der Waals surface area (Å²) in [5.74, 6) is -1.39. The van der Waals surface area contributed by atoms with Crippen LogP contribution in [0.4, 0.5) is 5.00 Å². The molecule has 1 aromatic heterocycles. The molecule has 0 saturated heterocycles. The topological polar surface area (TPSA) is 82.5 Å². The maximum atomic E-state index is 12.2. The van der Waals surface area contributed by atoms with Crippen LogP contribution in [-0.4, -0.2) is 41.5 Å². The third-order valence-electron chi connectivity index (χ3n) is 2.82. The third kappa shape index (κ3) is 3.51. The molecule has 0 fully saturated rings. The van der Waals surface area contributed by atoms with Gasteiger partial charge in [0.1, 0.15) is 10.6 Å². The Labute approximate surface area is 116 Å². The molecular weight excluding hydrogens is 266 g/mol. The van der Waals surface area contributed by atoms with E-state index in [4.69, 9.17) is 5.11 Å². The fourth-order valence-corrected chi connectivity index (χ4v) is 2.57. The van der Waals surface area contributed by atoms with Crippen molar-refractivity contribution in [1.82, 2.24) is 9.69 Å². The quantitative estimate of drug-likeness (QED) is 0.824. The molecule has 106 valence electrons. The summed E-state index contributed by atoms with van der Waals surface area (Å²) in [7, 11) is 1.59. The van der Waals surface area contributed by atoms with Crippen LogP contribution in [0.3, 0.4) is 0 Å². The van der Waals surface area contributed by atoms with Crippen molar-refractivity contribution >= 4 is 28.4 Å². The van der Waals surface area contributed by atoms with Crippen LogP contribution in [0.25, 0.3) is 0 Å². The average Bonchev–Trinajstić information content (AvgIpc) is 2.76. The molecular formula is C12H19N3O3S.